The van der Waals surface area contributed by atoms with Crippen molar-refractivity contribution in [2.24, 2.45) is 7.05 Å². The molecule has 1 aliphatic rings. The lowest BCUT2D eigenvalue weighted by molar-refractivity contribution is 0.0386. The molecule has 1 aromatic rings. The van der Waals surface area contributed by atoms with Crippen molar-refractivity contribution < 1.29 is 0 Å². The van der Waals surface area contributed by atoms with E-state index in [0.29, 0.717) is 6.04 Å². The average molecular weight is 357 g/mol. The molecule has 0 aromatic carbocycles. The number of rotatable bonds is 5. The topological polar surface area (TPSA) is 33.1 Å². The minimum atomic E-state index is 0.224. The molecule has 4 nitrogen and oxygen atoms in total. The van der Waals surface area contributed by atoms with Crippen molar-refractivity contribution in [1.82, 2.24) is 20.0 Å². The molecule has 0 bridgehead atoms. The smallest absolute Gasteiger partial charge is 0.0767 e. The van der Waals surface area contributed by atoms with E-state index in [0.717, 1.165) is 38.2 Å². The number of aromatic nitrogens is 2. The second-order valence-electron chi connectivity index (χ2n) is 6.40. The molecule has 1 saturated heterocycles. The summed E-state index contributed by atoms with van der Waals surface area (Å²) in [5, 5.41) is 8.33. The van der Waals surface area contributed by atoms with Gasteiger partial charge in [-0.1, -0.05) is 20.8 Å². The van der Waals surface area contributed by atoms with Crippen LogP contribution in [0.3, 0.4) is 0 Å². The Kier molecular flexibility index (Phi) is 5.49. The second-order valence-corrected chi connectivity index (χ2v) is 7.19. The molecular weight excluding hydrogens is 328 g/mol. The lowest BCUT2D eigenvalue weighted by Gasteiger charge is -2.48. The molecule has 1 fully saturated rings. The SMILES string of the molecule is CCc1nn(C)c(CN2CC(CC)NCC2(C)CC)c1Br. The van der Waals surface area contributed by atoms with Gasteiger partial charge in [0.05, 0.1) is 15.9 Å². The van der Waals surface area contributed by atoms with Crippen molar-refractivity contribution >= 4 is 15.9 Å². The van der Waals surface area contributed by atoms with Crippen molar-refractivity contribution in [3.63, 3.8) is 0 Å². The van der Waals surface area contributed by atoms with Gasteiger partial charge in [-0.3, -0.25) is 9.58 Å². The van der Waals surface area contributed by atoms with Crippen LogP contribution in [0.2, 0.25) is 0 Å². The molecular formula is C16H29BrN4. The third-order valence-electron chi connectivity index (χ3n) is 5.07. The van der Waals surface area contributed by atoms with Gasteiger partial charge in [0, 0.05) is 38.3 Å². The normalized spacial score (nSPS) is 27.2. The van der Waals surface area contributed by atoms with Crippen molar-refractivity contribution in [2.45, 2.75) is 65.1 Å². The maximum Gasteiger partial charge on any atom is 0.0767 e. The zero-order valence-corrected chi connectivity index (χ0v) is 15.6. The summed E-state index contributed by atoms with van der Waals surface area (Å²) >= 11 is 3.76. The second kappa shape index (κ2) is 6.80. The minimum absolute atomic E-state index is 0.224. The van der Waals surface area contributed by atoms with Crippen LogP contribution < -0.4 is 5.32 Å². The quantitative estimate of drug-likeness (QED) is 0.879. The third-order valence-corrected chi connectivity index (χ3v) is 5.99. The number of hydrogen-bond acceptors (Lipinski definition) is 3. The highest BCUT2D eigenvalue weighted by Crippen LogP contribution is 2.29. The molecule has 0 spiro atoms. The number of nitrogens with zero attached hydrogens (tertiary/aromatic N) is 3. The van der Waals surface area contributed by atoms with E-state index in [4.69, 9.17) is 0 Å². The van der Waals surface area contributed by atoms with E-state index < -0.39 is 0 Å². The fourth-order valence-corrected chi connectivity index (χ4v) is 3.82. The Morgan fingerprint density at radius 3 is 2.62 bits per heavy atom. The molecule has 2 rings (SSSR count). The summed E-state index contributed by atoms with van der Waals surface area (Å²) < 4.78 is 3.24. The van der Waals surface area contributed by atoms with Crippen molar-refractivity contribution in [3.8, 4) is 0 Å². The Morgan fingerprint density at radius 1 is 1.38 bits per heavy atom. The Labute approximate surface area is 137 Å². The molecule has 0 aliphatic carbocycles. The molecule has 1 N–H and O–H groups in total. The lowest BCUT2D eigenvalue weighted by atomic mass is 9.91. The fourth-order valence-electron chi connectivity index (χ4n) is 3.08. The summed E-state index contributed by atoms with van der Waals surface area (Å²) in [6.45, 7) is 12.2. The van der Waals surface area contributed by atoms with Gasteiger partial charge in [0.2, 0.25) is 0 Å². The number of nitrogens with one attached hydrogen (secondary N) is 1. The summed E-state index contributed by atoms with van der Waals surface area (Å²) in [6.07, 6.45) is 3.31. The van der Waals surface area contributed by atoms with Crippen molar-refractivity contribution in [1.29, 1.82) is 0 Å². The fraction of sp³-hybridized carbons (Fsp3) is 0.812. The molecule has 2 unspecified atom stereocenters. The first-order valence-electron chi connectivity index (χ1n) is 8.13. The molecule has 0 saturated carbocycles. The molecule has 2 heterocycles. The van der Waals surface area contributed by atoms with E-state index in [2.05, 4.69) is 66.0 Å². The van der Waals surface area contributed by atoms with Gasteiger partial charge in [0.25, 0.3) is 0 Å². The summed E-state index contributed by atoms with van der Waals surface area (Å²) in [5.74, 6) is 0. The average Bonchev–Trinajstić information content (AvgIpc) is 2.76. The Bertz CT molecular complexity index is 485. The van der Waals surface area contributed by atoms with Crippen LogP contribution in [0.25, 0.3) is 0 Å². The number of halogens is 1. The summed E-state index contributed by atoms with van der Waals surface area (Å²) in [5.41, 5.74) is 2.68. The third kappa shape index (κ3) is 3.35. The van der Waals surface area contributed by atoms with Crippen molar-refractivity contribution in [3.05, 3.63) is 15.9 Å². The van der Waals surface area contributed by atoms with E-state index in [9.17, 15) is 0 Å². The van der Waals surface area contributed by atoms with Crippen LogP contribution in [-0.2, 0) is 20.0 Å². The first-order valence-corrected chi connectivity index (χ1v) is 8.93. The van der Waals surface area contributed by atoms with Crippen molar-refractivity contribution in [2.75, 3.05) is 13.1 Å². The van der Waals surface area contributed by atoms with Crippen LogP contribution >= 0.6 is 15.9 Å². The van der Waals surface area contributed by atoms with Gasteiger partial charge < -0.3 is 5.32 Å². The number of hydrogen-bond donors (Lipinski definition) is 1. The highest BCUT2D eigenvalue weighted by atomic mass is 79.9. The molecule has 120 valence electrons. The van der Waals surface area contributed by atoms with Crippen LogP contribution in [-0.4, -0.2) is 39.4 Å². The van der Waals surface area contributed by atoms with E-state index in [1.165, 1.54) is 16.6 Å². The molecule has 1 aromatic heterocycles. The van der Waals surface area contributed by atoms with Crippen LogP contribution in [0.1, 0.15) is 51.9 Å². The van der Waals surface area contributed by atoms with E-state index in [1.54, 1.807) is 0 Å². The Morgan fingerprint density at radius 2 is 2.10 bits per heavy atom. The molecule has 2 atom stereocenters. The molecule has 0 amide bonds. The maximum absolute atomic E-state index is 4.63. The minimum Gasteiger partial charge on any atom is -0.311 e. The number of aryl methyl sites for hydroxylation is 2. The van der Waals surface area contributed by atoms with Crippen LogP contribution in [0.5, 0.6) is 0 Å². The van der Waals surface area contributed by atoms with Crippen LogP contribution in [0.15, 0.2) is 4.47 Å². The van der Waals surface area contributed by atoms with E-state index >= 15 is 0 Å². The highest BCUT2D eigenvalue weighted by Gasteiger charge is 2.36. The first-order chi connectivity index (χ1) is 9.95. The monoisotopic (exact) mass is 356 g/mol. The van der Waals surface area contributed by atoms with Crippen LogP contribution in [0.4, 0.5) is 0 Å². The van der Waals surface area contributed by atoms with Gasteiger partial charge >= 0.3 is 0 Å². The molecule has 21 heavy (non-hydrogen) atoms. The largest absolute Gasteiger partial charge is 0.311 e. The van der Waals surface area contributed by atoms with Gasteiger partial charge in [-0.05, 0) is 42.1 Å². The summed E-state index contributed by atoms with van der Waals surface area (Å²) in [4.78, 5) is 2.64. The lowest BCUT2D eigenvalue weighted by Crippen LogP contribution is -2.62. The number of piperazine rings is 1. The summed E-state index contributed by atoms with van der Waals surface area (Å²) in [7, 11) is 2.06. The Balaban J connectivity index is 2.24. The molecule has 0 radical (unpaired) electrons. The zero-order chi connectivity index (χ0) is 15.6. The van der Waals surface area contributed by atoms with E-state index in [1.807, 2.05) is 4.68 Å². The first kappa shape index (κ1) is 17.0. The molecule has 1 aliphatic heterocycles. The summed E-state index contributed by atoms with van der Waals surface area (Å²) in [6, 6.07) is 0.599. The van der Waals surface area contributed by atoms with Gasteiger partial charge in [0.1, 0.15) is 0 Å². The van der Waals surface area contributed by atoms with Gasteiger partial charge in [0.15, 0.2) is 0 Å². The highest BCUT2D eigenvalue weighted by molar-refractivity contribution is 9.10. The predicted molar refractivity (Wildman–Crippen MR) is 91.5 cm³/mol. The standard InChI is InChI=1S/C16H29BrN4/c1-6-12-9-21(16(4,8-3)11-18-12)10-14-15(17)13(7-2)19-20(14)5/h12,18H,6-11H2,1-5H3. The zero-order valence-electron chi connectivity index (χ0n) is 14.0. The Hall–Kier alpha value is -0.390. The van der Waals surface area contributed by atoms with Crippen LogP contribution in [0, 0.1) is 0 Å². The van der Waals surface area contributed by atoms with E-state index in [-0.39, 0.29) is 5.54 Å². The van der Waals surface area contributed by atoms with Gasteiger partial charge in [-0.25, -0.2) is 0 Å². The predicted octanol–water partition coefficient (Wildman–Crippen LogP) is 3.10. The van der Waals surface area contributed by atoms with Gasteiger partial charge in [-0.2, -0.15) is 5.10 Å². The van der Waals surface area contributed by atoms with Gasteiger partial charge in [-0.15, -0.1) is 0 Å². The molecule has 5 heteroatoms. The maximum atomic E-state index is 4.63.